The SMILES string of the molecule is CCOc1cccc(C(=O)CCBr)c1OCC. The molecule has 4 heteroatoms. The topological polar surface area (TPSA) is 35.5 Å². The monoisotopic (exact) mass is 300 g/mol. The Bertz CT molecular complexity index is 377. The van der Waals surface area contributed by atoms with Crippen LogP contribution < -0.4 is 9.47 Å². The van der Waals surface area contributed by atoms with Gasteiger partial charge in [-0.1, -0.05) is 22.0 Å². The molecule has 0 fully saturated rings. The third-order valence-electron chi connectivity index (χ3n) is 2.19. The summed E-state index contributed by atoms with van der Waals surface area (Å²) in [5, 5.41) is 0.649. The first-order valence-corrected chi connectivity index (χ1v) is 6.84. The van der Waals surface area contributed by atoms with E-state index in [-0.39, 0.29) is 5.78 Å². The van der Waals surface area contributed by atoms with E-state index in [1.165, 1.54) is 0 Å². The normalized spacial score (nSPS) is 10.1. The van der Waals surface area contributed by atoms with Gasteiger partial charge in [0.05, 0.1) is 18.8 Å². The molecule has 0 N–H and O–H groups in total. The molecule has 0 spiro atoms. The predicted octanol–water partition coefficient (Wildman–Crippen LogP) is 3.45. The Kier molecular flexibility index (Phi) is 6.05. The van der Waals surface area contributed by atoms with E-state index in [0.29, 0.717) is 42.0 Å². The van der Waals surface area contributed by atoms with E-state index in [9.17, 15) is 4.79 Å². The molecule has 0 radical (unpaired) electrons. The molecule has 17 heavy (non-hydrogen) atoms. The summed E-state index contributed by atoms with van der Waals surface area (Å²) in [5.74, 6) is 1.25. The number of ether oxygens (including phenoxy) is 2. The molecular formula is C13H17BrO3. The van der Waals surface area contributed by atoms with Gasteiger partial charge in [-0.15, -0.1) is 0 Å². The summed E-state index contributed by atoms with van der Waals surface area (Å²) in [6.45, 7) is 4.86. The van der Waals surface area contributed by atoms with E-state index in [1.54, 1.807) is 6.07 Å². The number of benzene rings is 1. The van der Waals surface area contributed by atoms with Gasteiger partial charge < -0.3 is 9.47 Å². The zero-order chi connectivity index (χ0) is 12.7. The fraction of sp³-hybridized carbons (Fsp3) is 0.462. The zero-order valence-electron chi connectivity index (χ0n) is 10.2. The van der Waals surface area contributed by atoms with Crippen LogP contribution in [0.1, 0.15) is 30.6 Å². The first-order chi connectivity index (χ1) is 8.24. The van der Waals surface area contributed by atoms with Crippen LogP contribution in [0.2, 0.25) is 0 Å². The second kappa shape index (κ2) is 7.33. The summed E-state index contributed by atoms with van der Waals surface area (Å²) >= 11 is 3.27. The van der Waals surface area contributed by atoms with Gasteiger partial charge in [0.1, 0.15) is 0 Å². The molecule has 0 aromatic heterocycles. The van der Waals surface area contributed by atoms with Gasteiger partial charge >= 0.3 is 0 Å². The molecule has 0 saturated heterocycles. The maximum Gasteiger partial charge on any atom is 0.171 e. The second-order valence-corrected chi connectivity index (χ2v) is 4.15. The van der Waals surface area contributed by atoms with Gasteiger partial charge in [0, 0.05) is 11.8 Å². The van der Waals surface area contributed by atoms with Crippen molar-refractivity contribution in [3.63, 3.8) is 0 Å². The van der Waals surface area contributed by atoms with Gasteiger partial charge in [-0.25, -0.2) is 0 Å². The molecule has 0 aliphatic carbocycles. The summed E-state index contributed by atoms with van der Waals surface area (Å²) in [4.78, 5) is 11.9. The van der Waals surface area contributed by atoms with E-state index in [2.05, 4.69) is 15.9 Å². The van der Waals surface area contributed by atoms with Crippen LogP contribution in [0.25, 0.3) is 0 Å². The van der Waals surface area contributed by atoms with Crippen LogP contribution in [0.5, 0.6) is 11.5 Å². The average Bonchev–Trinajstić information content (AvgIpc) is 2.32. The number of carbonyl (C=O) groups excluding carboxylic acids is 1. The molecule has 1 aromatic rings. The van der Waals surface area contributed by atoms with Crippen LogP contribution in [-0.4, -0.2) is 24.3 Å². The molecule has 0 aliphatic heterocycles. The highest BCUT2D eigenvalue weighted by Gasteiger charge is 2.16. The van der Waals surface area contributed by atoms with E-state index >= 15 is 0 Å². The van der Waals surface area contributed by atoms with Crippen LogP contribution in [0.3, 0.4) is 0 Å². The Morgan fingerprint density at radius 1 is 1.24 bits per heavy atom. The lowest BCUT2D eigenvalue weighted by molar-refractivity contribution is 0.0985. The number of carbonyl (C=O) groups is 1. The lowest BCUT2D eigenvalue weighted by Crippen LogP contribution is -2.06. The fourth-order valence-corrected chi connectivity index (χ4v) is 1.88. The molecule has 0 atom stereocenters. The highest BCUT2D eigenvalue weighted by atomic mass is 79.9. The predicted molar refractivity (Wildman–Crippen MR) is 71.5 cm³/mol. The van der Waals surface area contributed by atoms with Crippen molar-refractivity contribution in [1.82, 2.24) is 0 Å². The number of para-hydroxylation sites is 1. The number of hydrogen-bond donors (Lipinski definition) is 0. The number of Topliss-reactive ketones (excluding diaryl/α,β-unsaturated/α-hetero) is 1. The number of halogens is 1. The van der Waals surface area contributed by atoms with Gasteiger partial charge in [-0.05, 0) is 26.0 Å². The minimum Gasteiger partial charge on any atom is -0.490 e. The number of alkyl halides is 1. The Morgan fingerprint density at radius 2 is 1.94 bits per heavy atom. The van der Waals surface area contributed by atoms with Crippen LogP contribution in [-0.2, 0) is 0 Å². The van der Waals surface area contributed by atoms with Crippen molar-refractivity contribution in [1.29, 1.82) is 0 Å². The maximum absolute atomic E-state index is 11.9. The number of ketones is 1. The zero-order valence-corrected chi connectivity index (χ0v) is 11.7. The highest BCUT2D eigenvalue weighted by molar-refractivity contribution is 9.09. The van der Waals surface area contributed by atoms with E-state index < -0.39 is 0 Å². The van der Waals surface area contributed by atoms with E-state index in [0.717, 1.165) is 0 Å². The Balaban J connectivity index is 3.09. The lowest BCUT2D eigenvalue weighted by Gasteiger charge is -2.14. The standard InChI is InChI=1S/C13H17BrO3/c1-3-16-12-7-5-6-10(11(15)8-9-14)13(12)17-4-2/h5-7H,3-4,8-9H2,1-2H3. The minimum atomic E-state index is 0.0619. The van der Waals surface area contributed by atoms with Crippen molar-refractivity contribution < 1.29 is 14.3 Å². The molecule has 3 nitrogen and oxygen atoms in total. The van der Waals surface area contributed by atoms with Crippen LogP contribution in [0.4, 0.5) is 0 Å². The molecule has 0 heterocycles. The Morgan fingerprint density at radius 3 is 2.53 bits per heavy atom. The van der Waals surface area contributed by atoms with Gasteiger partial charge in [-0.2, -0.15) is 0 Å². The van der Waals surface area contributed by atoms with Crippen molar-refractivity contribution in [3.05, 3.63) is 23.8 Å². The maximum atomic E-state index is 11.9. The van der Waals surface area contributed by atoms with Crippen molar-refractivity contribution >= 4 is 21.7 Å². The van der Waals surface area contributed by atoms with Gasteiger partial charge in [0.15, 0.2) is 17.3 Å². The van der Waals surface area contributed by atoms with Gasteiger partial charge in [0.2, 0.25) is 0 Å². The van der Waals surface area contributed by atoms with Crippen molar-refractivity contribution in [2.45, 2.75) is 20.3 Å². The molecule has 0 bridgehead atoms. The van der Waals surface area contributed by atoms with Crippen LogP contribution in [0, 0.1) is 0 Å². The van der Waals surface area contributed by atoms with E-state index in [4.69, 9.17) is 9.47 Å². The Labute approximate surface area is 110 Å². The molecule has 0 saturated carbocycles. The minimum absolute atomic E-state index is 0.0619. The summed E-state index contributed by atoms with van der Waals surface area (Å²) in [5.41, 5.74) is 0.595. The molecule has 1 rings (SSSR count). The summed E-state index contributed by atoms with van der Waals surface area (Å²) in [6, 6.07) is 5.41. The quantitative estimate of drug-likeness (QED) is 0.571. The second-order valence-electron chi connectivity index (χ2n) is 3.36. The van der Waals surface area contributed by atoms with Crippen LogP contribution >= 0.6 is 15.9 Å². The number of hydrogen-bond acceptors (Lipinski definition) is 3. The lowest BCUT2D eigenvalue weighted by atomic mass is 10.1. The third-order valence-corrected chi connectivity index (χ3v) is 2.59. The van der Waals surface area contributed by atoms with Crippen molar-refractivity contribution in [3.8, 4) is 11.5 Å². The largest absolute Gasteiger partial charge is 0.490 e. The smallest absolute Gasteiger partial charge is 0.171 e. The molecule has 0 unspecified atom stereocenters. The highest BCUT2D eigenvalue weighted by Crippen LogP contribution is 2.32. The summed E-state index contributed by atoms with van der Waals surface area (Å²) in [7, 11) is 0. The van der Waals surface area contributed by atoms with Gasteiger partial charge in [-0.3, -0.25) is 4.79 Å². The first-order valence-electron chi connectivity index (χ1n) is 5.72. The molecule has 1 aromatic carbocycles. The average molecular weight is 301 g/mol. The molecule has 0 amide bonds. The van der Waals surface area contributed by atoms with Crippen LogP contribution in [0.15, 0.2) is 18.2 Å². The third kappa shape index (κ3) is 3.73. The molecular weight excluding hydrogens is 284 g/mol. The number of rotatable bonds is 7. The molecule has 0 aliphatic rings. The summed E-state index contributed by atoms with van der Waals surface area (Å²) in [6.07, 6.45) is 0.454. The molecule has 94 valence electrons. The Hall–Kier alpha value is -1.03. The summed E-state index contributed by atoms with van der Waals surface area (Å²) < 4.78 is 11.0. The van der Waals surface area contributed by atoms with Gasteiger partial charge in [0.25, 0.3) is 0 Å². The fourth-order valence-electron chi connectivity index (χ4n) is 1.52. The first kappa shape index (κ1) is 14.0. The van der Waals surface area contributed by atoms with E-state index in [1.807, 2.05) is 26.0 Å². The van der Waals surface area contributed by atoms with Crippen molar-refractivity contribution in [2.75, 3.05) is 18.5 Å². The van der Waals surface area contributed by atoms with Crippen molar-refractivity contribution in [2.24, 2.45) is 0 Å².